The van der Waals surface area contributed by atoms with E-state index in [9.17, 15) is 9.90 Å². The zero-order valence-electron chi connectivity index (χ0n) is 24.0. The Kier molecular flexibility index (Phi) is 14.2. The summed E-state index contributed by atoms with van der Waals surface area (Å²) in [5, 5.41) is 14.7. The molecule has 213 valence electrons. The first-order chi connectivity index (χ1) is 19.3. The van der Waals surface area contributed by atoms with Gasteiger partial charge in [0.25, 0.3) is 0 Å². The molecule has 0 spiro atoms. The van der Waals surface area contributed by atoms with Crippen LogP contribution in [0.3, 0.4) is 0 Å². The van der Waals surface area contributed by atoms with Crippen molar-refractivity contribution in [2.75, 3.05) is 0 Å². The Morgan fingerprint density at radius 2 is 1.15 bits per heavy atom. The molecule has 0 saturated heterocycles. The molecule has 41 heavy (non-hydrogen) atoms. The second-order valence-corrected chi connectivity index (χ2v) is 13.4. The summed E-state index contributed by atoms with van der Waals surface area (Å²) in [5.74, 6) is 0.575. The summed E-state index contributed by atoms with van der Waals surface area (Å²) in [7, 11) is -0.446. The monoisotopic (exact) mass is 606 g/mol. The van der Waals surface area contributed by atoms with Gasteiger partial charge in [-0.25, -0.2) is 0 Å². The van der Waals surface area contributed by atoms with E-state index in [4.69, 9.17) is 4.65 Å². The molecule has 0 aromatic heterocycles. The van der Waals surface area contributed by atoms with Crippen molar-refractivity contribution in [1.29, 1.82) is 0 Å². The molecule has 6 rings (SSSR count). The Labute approximate surface area is 259 Å². The van der Waals surface area contributed by atoms with Gasteiger partial charge in [-0.2, -0.15) is 0 Å². The maximum Gasteiger partial charge on any atom is 2.00 e. The smallest absolute Gasteiger partial charge is 0.0622 e. The van der Waals surface area contributed by atoms with Gasteiger partial charge in [-0.3, -0.25) is 6.29 Å². The Hall–Kier alpha value is -2.02. The van der Waals surface area contributed by atoms with Crippen molar-refractivity contribution in [3.63, 3.8) is 0 Å². The number of carbonyl (C=O) groups excluding carboxylic acids is 1. The summed E-state index contributed by atoms with van der Waals surface area (Å²) in [6.45, 7) is 11.1. The van der Waals surface area contributed by atoms with Crippen molar-refractivity contribution in [3.05, 3.63) is 130 Å². The molecule has 0 unspecified atom stereocenters. The molecule has 3 aliphatic carbocycles. The summed E-state index contributed by atoms with van der Waals surface area (Å²) in [6, 6.07) is 32.3. The van der Waals surface area contributed by atoms with Gasteiger partial charge in [0.15, 0.2) is 0 Å². The van der Waals surface area contributed by atoms with Crippen LogP contribution in [0.4, 0.5) is 0 Å². The van der Waals surface area contributed by atoms with Crippen LogP contribution in [0.2, 0.25) is 0 Å². The van der Waals surface area contributed by atoms with Crippen molar-refractivity contribution >= 4 is 30.1 Å². The molecule has 1 N–H and O–H groups in total. The zero-order valence-corrected chi connectivity index (χ0v) is 26.0. The topological polar surface area (TPSA) is 57.2 Å². The van der Waals surface area contributed by atoms with E-state index in [0.29, 0.717) is 5.92 Å². The summed E-state index contributed by atoms with van der Waals surface area (Å²) in [4.78, 5) is 10.5. The molecule has 5 radical (unpaired) electrons. The molecular weight excluding hydrogens is 567 g/mol. The average molecular weight is 607 g/mol. The molecule has 0 heterocycles. The van der Waals surface area contributed by atoms with Crippen LogP contribution < -0.4 is 15.9 Å². The van der Waals surface area contributed by atoms with Gasteiger partial charge in [-0.15, -0.1) is 6.42 Å². The fraction of sp³-hybridized carbons (Fsp3) is 0.306. The second-order valence-electron chi connectivity index (χ2n) is 11.2. The van der Waals surface area contributed by atoms with Crippen LogP contribution in [-0.4, -0.2) is 17.0 Å². The summed E-state index contributed by atoms with van der Waals surface area (Å²) >= 11 is 0. The number of aliphatic hydroxyl groups is 1. The van der Waals surface area contributed by atoms with E-state index in [1.54, 1.807) is 0 Å². The van der Waals surface area contributed by atoms with Crippen molar-refractivity contribution in [2.45, 2.75) is 52.1 Å². The molecule has 3 fully saturated rings. The maximum atomic E-state index is 10.5. The van der Waals surface area contributed by atoms with Gasteiger partial charge >= 0.3 is 28.4 Å². The summed E-state index contributed by atoms with van der Waals surface area (Å²) in [5.41, 5.74) is -0.720. The van der Waals surface area contributed by atoms with E-state index >= 15 is 0 Å². The molecule has 0 amide bonds. The molecule has 3 aromatic carbocycles. The third-order valence-electron chi connectivity index (χ3n) is 9.01. The molecular formula is C36H39FeO3P+. The SMILES string of the molecule is CC1(C)[C@@H]2CC[C@@]1(C)[C@@](O)(C[C-]=O)C2.[C-]#[O+].[CH]1[CH][CH][CH][CH]1.[Fe+2].c1ccc(P(c2ccccc2)c2ccccc2)cc1. The Morgan fingerprint density at radius 3 is 1.41 bits per heavy atom. The van der Waals surface area contributed by atoms with Gasteiger partial charge in [0.1, 0.15) is 0 Å². The maximum absolute atomic E-state index is 10.5. The molecule has 3 nitrogen and oxygen atoms in total. The minimum absolute atomic E-state index is 0. The van der Waals surface area contributed by atoms with E-state index in [0.717, 1.165) is 12.8 Å². The Morgan fingerprint density at radius 1 is 0.780 bits per heavy atom. The molecule has 2 bridgehead atoms. The second kappa shape index (κ2) is 16.6. The predicted molar refractivity (Wildman–Crippen MR) is 165 cm³/mol. The van der Waals surface area contributed by atoms with Crippen LogP contribution in [-0.2, 0) is 26.5 Å². The van der Waals surface area contributed by atoms with Gasteiger partial charge in [0, 0.05) is 5.60 Å². The van der Waals surface area contributed by atoms with Gasteiger partial charge in [-0.1, -0.05) is 112 Å². The normalized spacial score (nSPS) is 24.8. The van der Waals surface area contributed by atoms with Crippen molar-refractivity contribution in [1.82, 2.24) is 0 Å². The minimum Gasteiger partial charge on any atom is -0.0622 e. The van der Waals surface area contributed by atoms with Crippen LogP contribution in [0.15, 0.2) is 91.0 Å². The van der Waals surface area contributed by atoms with E-state index < -0.39 is 13.5 Å². The third kappa shape index (κ3) is 8.09. The van der Waals surface area contributed by atoms with Gasteiger partial charge < -0.3 is 9.90 Å². The van der Waals surface area contributed by atoms with Crippen LogP contribution in [0.5, 0.6) is 0 Å². The number of benzene rings is 3. The molecule has 0 aliphatic heterocycles. The molecule has 3 atom stereocenters. The quantitative estimate of drug-likeness (QED) is 0.156. The van der Waals surface area contributed by atoms with Gasteiger partial charge in [0.05, 0.1) is 0 Å². The number of hydrogen-bond acceptors (Lipinski definition) is 2. The average Bonchev–Trinajstić information content (AvgIpc) is 3.68. The number of hydrogen-bond donors (Lipinski definition) is 1. The molecule has 3 aliphatic rings. The molecule has 3 saturated carbocycles. The first kappa shape index (κ1) is 35.2. The van der Waals surface area contributed by atoms with Crippen molar-refractivity contribution in [3.8, 4) is 0 Å². The third-order valence-corrected chi connectivity index (χ3v) is 11.5. The van der Waals surface area contributed by atoms with Crippen molar-refractivity contribution in [2.24, 2.45) is 16.7 Å². The van der Waals surface area contributed by atoms with Crippen molar-refractivity contribution < 1.29 is 31.6 Å². The first-order valence-electron chi connectivity index (χ1n) is 13.7. The van der Waals surface area contributed by atoms with Gasteiger partial charge in [-0.05, 0) is 91.9 Å². The number of fused-ring (bicyclic) bond motifs is 2. The van der Waals surface area contributed by atoms with Crippen LogP contribution in [0.1, 0.15) is 46.5 Å². The van der Waals surface area contributed by atoms with Crippen LogP contribution >= 0.6 is 7.92 Å². The zero-order chi connectivity index (χ0) is 29.1. The van der Waals surface area contributed by atoms with Crippen LogP contribution in [0.25, 0.3) is 0 Å². The number of rotatable bonds is 5. The van der Waals surface area contributed by atoms with E-state index in [1.807, 2.05) is 38.4 Å². The van der Waals surface area contributed by atoms with Crippen LogP contribution in [0, 0.1) is 55.5 Å². The van der Waals surface area contributed by atoms with E-state index in [-0.39, 0.29) is 34.3 Å². The Bertz CT molecular complexity index is 1080. The largest absolute Gasteiger partial charge is 2.00 e. The van der Waals surface area contributed by atoms with E-state index in [1.165, 1.54) is 22.3 Å². The van der Waals surface area contributed by atoms with Gasteiger partial charge in [0.2, 0.25) is 0 Å². The standard InChI is InChI=1S/C18H15P.C12H19O2.C5H5.CO.Fe/c1-4-10-16(11-5-1)19(17-12-6-2-7-13-17)18-14-8-3-9-15-18;1-10(2)9-4-5-11(10,3)12(14,8-9)6-7-13;1-2-4-5-3-1;1-2;/h1-15H;9,14H,4-6,8H2,1-3H3;1-5H;;/q;-1;;;+2/t;9-,11-,12-;;;/m.1.../s1. The predicted octanol–water partition coefficient (Wildman–Crippen LogP) is 6.49. The first-order valence-corrected chi connectivity index (χ1v) is 15.1. The molecule has 3 aromatic rings. The summed E-state index contributed by atoms with van der Waals surface area (Å²) < 4.78 is 7.50. The fourth-order valence-electron chi connectivity index (χ4n) is 6.30. The minimum atomic E-state index is -0.791. The molecule has 5 heteroatoms. The fourth-order valence-corrected chi connectivity index (χ4v) is 8.61. The Balaban J connectivity index is 0.000000234. The van der Waals surface area contributed by atoms with E-state index in [2.05, 4.69) is 118 Å². The summed E-state index contributed by atoms with van der Waals surface area (Å²) in [6.07, 6.45) is 15.1.